The van der Waals surface area contributed by atoms with Gasteiger partial charge in [0.05, 0.1) is 0 Å². The van der Waals surface area contributed by atoms with Crippen LogP contribution in [-0.4, -0.2) is 13.1 Å². The van der Waals surface area contributed by atoms with Gasteiger partial charge in [0.15, 0.2) is 0 Å². The molecule has 0 saturated heterocycles. The Balaban J connectivity index is 2.04. The van der Waals surface area contributed by atoms with Crippen molar-refractivity contribution in [2.24, 2.45) is 17.3 Å². The third-order valence-corrected chi connectivity index (χ3v) is 6.42. The smallest absolute Gasteiger partial charge is 0.0314 e. The molecule has 1 heterocycles. The van der Waals surface area contributed by atoms with Gasteiger partial charge in [-0.3, -0.25) is 0 Å². The molecule has 1 fully saturated rings. The molecule has 0 bridgehead atoms. The van der Waals surface area contributed by atoms with Crippen LogP contribution in [0.2, 0.25) is 0 Å². The zero-order chi connectivity index (χ0) is 13.9. The lowest BCUT2D eigenvalue weighted by molar-refractivity contribution is 0.117. The fourth-order valence-electron chi connectivity index (χ4n) is 3.34. The Bertz CT molecular complexity index is 399. The van der Waals surface area contributed by atoms with Crippen LogP contribution in [0.5, 0.6) is 0 Å². The monoisotopic (exact) mass is 343 g/mol. The molecular weight excluding hydrogens is 318 g/mol. The van der Waals surface area contributed by atoms with E-state index in [9.17, 15) is 0 Å². The molecule has 1 aromatic heterocycles. The molecule has 3 heteroatoms. The highest BCUT2D eigenvalue weighted by Crippen LogP contribution is 2.44. The van der Waals surface area contributed by atoms with Gasteiger partial charge < -0.3 is 5.32 Å². The number of halogens is 1. The Morgan fingerprint density at radius 2 is 2.21 bits per heavy atom. The topological polar surface area (TPSA) is 12.0 Å². The summed E-state index contributed by atoms with van der Waals surface area (Å²) in [5.74, 6) is 1.68. The number of nitrogens with one attached hydrogen (secondary N) is 1. The average Bonchev–Trinajstić information content (AvgIpc) is 2.73. The lowest BCUT2D eigenvalue weighted by Crippen LogP contribution is -2.36. The molecule has 2 unspecified atom stereocenters. The minimum Gasteiger partial charge on any atom is -0.317 e. The fourth-order valence-corrected chi connectivity index (χ4v) is 4.95. The third-order valence-electron chi connectivity index (χ3n) is 4.47. The molecule has 1 nitrogen and oxygen atoms in total. The number of rotatable bonds is 5. The lowest BCUT2D eigenvalue weighted by Gasteiger charge is -2.41. The highest BCUT2D eigenvalue weighted by molar-refractivity contribution is 9.10. The maximum absolute atomic E-state index is 3.69. The van der Waals surface area contributed by atoms with Crippen LogP contribution in [0.4, 0.5) is 0 Å². The van der Waals surface area contributed by atoms with E-state index in [-0.39, 0.29) is 0 Å². The summed E-state index contributed by atoms with van der Waals surface area (Å²) in [6.07, 6.45) is 5.38. The van der Waals surface area contributed by atoms with E-state index in [2.05, 4.69) is 53.5 Å². The van der Waals surface area contributed by atoms with Gasteiger partial charge in [0.1, 0.15) is 0 Å². The Labute approximate surface area is 130 Å². The van der Waals surface area contributed by atoms with Crippen molar-refractivity contribution in [1.29, 1.82) is 0 Å². The summed E-state index contributed by atoms with van der Waals surface area (Å²) < 4.78 is 1.31. The van der Waals surface area contributed by atoms with E-state index in [4.69, 9.17) is 0 Å². The molecule has 1 aliphatic carbocycles. The summed E-state index contributed by atoms with van der Waals surface area (Å²) in [6.45, 7) is 9.37. The van der Waals surface area contributed by atoms with E-state index in [0.717, 1.165) is 18.4 Å². The molecule has 0 spiro atoms. The summed E-state index contributed by atoms with van der Waals surface area (Å²) >= 11 is 5.59. The molecule has 1 aromatic rings. The third kappa shape index (κ3) is 4.30. The first-order valence-corrected chi connectivity index (χ1v) is 9.11. The summed E-state index contributed by atoms with van der Waals surface area (Å²) in [5, 5.41) is 5.76. The molecule has 1 aliphatic rings. The van der Waals surface area contributed by atoms with Gasteiger partial charge in [0.2, 0.25) is 0 Å². The van der Waals surface area contributed by atoms with Crippen LogP contribution in [0, 0.1) is 17.3 Å². The van der Waals surface area contributed by atoms with Gasteiger partial charge in [-0.05, 0) is 83.4 Å². The van der Waals surface area contributed by atoms with Crippen LogP contribution in [0.3, 0.4) is 0 Å². The molecule has 2 rings (SSSR count). The second kappa shape index (κ2) is 6.73. The van der Waals surface area contributed by atoms with E-state index in [1.807, 2.05) is 11.3 Å². The first-order valence-electron chi connectivity index (χ1n) is 7.44. The van der Waals surface area contributed by atoms with E-state index < -0.39 is 0 Å². The normalized spacial score (nSPS) is 26.5. The largest absolute Gasteiger partial charge is 0.317 e. The zero-order valence-corrected chi connectivity index (χ0v) is 14.7. The Hall–Kier alpha value is 0.140. The summed E-state index contributed by atoms with van der Waals surface area (Å²) in [4.78, 5) is 1.53. The highest BCUT2D eigenvalue weighted by atomic mass is 79.9. The molecule has 0 amide bonds. The Morgan fingerprint density at radius 1 is 1.42 bits per heavy atom. The van der Waals surface area contributed by atoms with E-state index in [1.54, 1.807) is 0 Å². The number of hydrogen-bond acceptors (Lipinski definition) is 2. The standard InChI is InChI=1S/C16H26BrNS/c1-4-18-11-12-5-7-16(2,3)10-13(12)9-15-14(17)6-8-19-15/h6,8,12-13,18H,4-5,7,9-11H2,1-3H3. The van der Waals surface area contributed by atoms with E-state index in [0.29, 0.717) is 5.41 Å². The molecule has 108 valence electrons. The van der Waals surface area contributed by atoms with Gasteiger partial charge in [-0.25, -0.2) is 0 Å². The van der Waals surface area contributed by atoms with Crippen molar-refractivity contribution in [2.75, 3.05) is 13.1 Å². The average molecular weight is 344 g/mol. The molecule has 0 aromatic carbocycles. The minimum absolute atomic E-state index is 0.525. The first kappa shape index (κ1) is 15.5. The lowest BCUT2D eigenvalue weighted by atomic mass is 9.66. The molecule has 0 aliphatic heterocycles. The summed E-state index contributed by atoms with van der Waals surface area (Å²) in [6, 6.07) is 2.19. The fraction of sp³-hybridized carbons (Fsp3) is 0.750. The number of hydrogen-bond donors (Lipinski definition) is 1. The van der Waals surface area contributed by atoms with Crippen molar-refractivity contribution < 1.29 is 0 Å². The number of thiophene rings is 1. The van der Waals surface area contributed by atoms with Gasteiger partial charge in [-0.2, -0.15) is 0 Å². The van der Waals surface area contributed by atoms with Gasteiger partial charge in [0.25, 0.3) is 0 Å². The second-order valence-electron chi connectivity index (χ2n) is 6.63. The first-order chi connectivity index (χ1) is 9.02. The maximum Gasteiger partial charge on any atom is 0.0314 e. The van der Waals surface area contributed by atoms with Gasteiger partial charge in [-0.15, -0.1) is 11.3 Å². The van der Waals surface area contributed by atoms with Gasteiger partial charge >= 0.3 is 0 Å². The van der Waals surface area contributed by atoms with Crippen molar-refractivity contribution in [3.63, 3.8) is 0 Å². The molecule has 1 saturated carbocycles. The SMILES string of the molecule is CCNCC1CCC(C)(C)CC1Cc1sccc1Br. The molecular formula is C16H26BrNS. The van der Waals surface area contributed by atoms with Crippen LogP contribution in [0.15, 0.2) is 15.9 Å². The van der Waals surface area contributed by atoms with E-state index >= 15 is 0 Å². The van der Waals surface area contributed by atoms with Crippen LogP contribution < -0.4 is 5.32 Å². The molecule has 0 radical (unpaired) electrons. The molecule has 2 atom stereocenters. The van der Waals surface area contributed by atoms with Gasteiger partial charge in [-0.1, -0.05) is 20.8 Å². The van der Waals surface area contributed by atoms with Crippen LogP contribution >= 0.6 is 27.3 Å². The Kier molecular flexibility index (Phi) is 5.50. The Morgan fingerprint density at radius 3 is 2.84 bits per heavy atom. The minimum atomic E-state index is 0.525. The van der Waals surface area contributed by atoms with Crippen molar-refractivity contribution in [3.05, 3.63) is 20.8 Å². The van der Waals surface area contributed by atoms with Crippen molar-refractivity contribution >= 4 is 27.3 Å². The summed E-state index contributed by atoms with van der Waals surface area (Å²) in [5.41, 5.74) is 0.525. The van der Waals surface area contributed by atoms with Crippen molar-refractivity contribution in [1.82, 2.24) is 5.32 Å². The van der Waals surface area contributed by atoms with Crippen LogP contribution in [-0.2, 0) is 6.42 Å². The quantitative estimate of drug-likeness (QED) is 0.783. The van der Waals surface area contributed by atoms with Crippen LogP contribution in [0.1, 0.15) is 44.9 Å². The predicted octanol–water partition coefficient (Wildman–Crippen LogP) is 5.11. The predicted molar refractivity (Wildman–Crippen MR) is 88.9 cm³/mol. The van der Waals surface area contributed by atoms with Crippen molar-refractivity contribution in [2.45, 2.75) is 46.5 Å². The maximum atomic E-state index is 3.69. The van der Waals surface area contributed by atoms with Crippen LogP contribution in [0.25, 0.3) is 0 Å². The molecule has 19 heavy (non-hydrogen) atoms. The summed E-state index contributed by atoms with van der Waals surface area (Å²) in [7, 11) is 0. The van der Waals surface area contributed by atoms with E-state index in [1.165, 1.54) is 41.6 Å². The second-order valence-corrected chi connectivity index (χ2v) is 8.49. The molecule has 1 N–H and O–H groups in total. The zero-order valence-electron chi connectivity index (χ0n) is 12.3. The van der Waals surface area contributed by atoms with Gasteiger partial charge in [0, 0.05) is 9.35 Å². The van der Waals surface area contributed by atoms with Crippen molar-refractivity contribution in [3.8, 4) is 0 Å². The highest BCUT2D eigenvalue weighted by Gasteiger charge is 2.34.